The van der Waals surface area contributed by atoms with Crippen LogP contribution in [0.1, 0.15) is 29.5 Å². The van der Waals surface area contributed by atoms with E-state index in [1.807, 2.05) is 0 Å². The van der Waals surface area contributed by atoms with E-state index in [1.165, 1.54) is 16.7 Å². The molecule has 2 rings (SSSR count). The highest BCUT2D eigenvalue weighted by Gasteiger charge is 2.33. The van der Waals surface area contributed by atoms with Crippen LogP contribution in [0.5, 0.6) is 0 Å². The normalized spacial score (nSPS) is 19.7. The summed E-state index contributed by atoms with van der Waals surface area (Å²) in [6, 6.07) is 6.60. The van der Waals surface area contributed by atoms with Crippen molar-refractivity contribution in [3.8, 4) is 0 Å². The van der Waals surface area contributed by atoms with Gasteiger partial charge in [0.15, 0.2) is 0 Å². The lowest BCUT2D eigenvalue weighted by atomic mass is 9.79. The van der Waals surface area contributed by atoms with Crippen molar-refractivity contribution in [3.63, 3.8) is 0 Å². The van der Waals surface area contributed by atoms with Gasteiger partial charge in [0, 0.05) is 18.8 Å². The molecule has 1 fully saturated rings. The molecule has 0 radical (unpaired) electrons. The molecule has 0 spiro atoms. The molecule has 2 heteroatoms. The van der Waals surface area contributed by atoms with Gasteiger partial charge in [0.2, 0.25) is 0 Å². The summed E-state index contributed by atoms with van der Waals surface area (Å²) in [7, 11) is 2.06. The minimum atomic E-state index is 0.119. The zero-order valence-electron chi connectivity index (χ0n) is 10.5. The second-order valence-corrected chi connectivity index (χ2v) is 4.69. The van der Waals surface area contributed by atoms with Crippen LogP contribution < -0.4 is 5.32 Å². The van der Waals surface area contributed by atoms with Gasteiger partial charge in [0.25, 0.3) is 0 Å². The van der Waals surface area contributed by atoms with Gasteiger partial charge in [0.1, 0.15) is 0 Å². The lowest BCUT2D eigenvalue weighted by Gasteiger charge is -2.39. The van der Waals surface area contributed by atoms with E-state index in [4.69, 9.17) is 4.74 Å². The Morgan fingerprint density at radius 1 is 1.19 bits per heavy atom. The van der Waals surface area contributed by atoms with E-state index in [1.54, 1.807) is 0 Å². The largest absolute Gasteiger partial charge is 0.381 e. The second-order valence-electron chi connectivity index (χ2n) is 4.69. The number of benzene rings is 1. The highest BCUT2D eigenvalue weighted by molar-refractivity contribution is 5.38. The lowest BCUT2D eigenvalue weighted by molar-refractivity contribution is 0.0396. The first kappa shape index (κ1) is 11.6. The maximum atomic E-state index is 5.48. The van der Waals surface area contributed by atoms with Crippen LogP contribution in [-0.4, -0.2) is 20.3 Å². The van der Waals surface area contributed by atoms with Gasteiger partial charge in [-0.3, -0.25) is 0 Å². The van der Waals surface area contributed by atoms with Gasteiger partial charge < -0.3 is 10.1 Å². The van der Waals surface area contributed by atoms with Gasteiger partial charge in [-0.25, -0.2) is 0 Å². The minimum Gasteiger partial charge on any atom is -0.381 e. The number of aryl methyl sites for hydroxylation is 1. The fraction of sp³-hybridized carbons (Fsp3) is 0.571. The first-order chi connectivity index (χ1) is 7.69. The predicted molar refractivity (Wildman–Crippen MR) is 66.7 cm³/mol. The molecule has 0 aliphatic carbocycles. The smallest absolute Gasteiger partial charge is 0.0486 e. The van der Waals surface area contributed by atoms with Crippen molar-refractivity contribution >= 4 is 0 Å². The molecule has 0 aromatic heterocycles. The van der Waals surface area contributed by atoms with E-state index in [9.17, 15) is 0 Å². The average molecular weight is 219 g/mol. The van der Waals surface area contributed by atoms with E-state index < -0.39 is 0 Å². The Hall–Kier alpha value is -0.860. The Morgan fingerprint density at radius 2 is 1.88 bits per heavy atom. The van der Waals surface area contributed by atoms with Crippen LogP contribution in [0.4, 0.5) is 0 Å². The second kappa shape index (κ2) is 4.56. The van der Waals surface area contributed by atoms with Crippen LogP contribution in [0.25, 0.3) is 0 Å². The zero-order valence-corrected chi connectivity index (χ0v) is 10.5. The SMILES string of the molecule is CNC1(c2cccc(C)c2C)CCOCC1. The van der Waals surface area contributed by atoms with Gasteiger partial charge in [-0.1, -0.05) is 18.2 Å². The average Bonchev–Trinajstić information content (AvgIpc) is 2.33. The molecule has 2 nitrogen and oxygen atoms in total. The van der Waals surface area contributed by atoms with Gasteiger partial charge in [-0.05, 0) is 50.4 Å². The van der Waals surface area contributed by atoms with Crippen molar-refractivity contribution in [1.82, 2.24) is 5.32 Å². The molecular weight excluding hydrogens is 198 g/mol. The van der Waals surface area contributed by atoms with E-state index in [2.05, 4.69) is 44.4 Å². The Bertz CT molecular complexity index is 367. The third-order valence-electron chi connectivity index (χ3n) is 3.95. The molecule has 1 heterocycles. The summed E-state index contributed by atoms with van der Waals surface area (Å²) >= 11 is 0. The molecule has 0 bridgehead atoms. The molecule has 1 aliphatic heterocycles. The van der Waals surface area contributed by atoms with Crippen molar-refractivity contribution in [2.24, 2.45) is 0 Å². The molecular formula is C14H21NO. The van der Waals surface area contributed by atoms with E-state index in [0.29, 0.717) is 0 Å². The van der Waals surface area contributed by atoms with Crippen molar-refractivity contribution in [2.75, 3.05) is 20.3 Å². The molecule has 0 atom stereocenters. The van der Waals surface area contributed by atoms with Crippen LogP contribution in [-0.2, 0) is 10.3 Å². The summed E-state index contributed by atoms with van der Waals surface area (Å²) in [5.41, 5.74) is 4.35. The summed E-state index contributed by atoms with van der Waals surface area (Å²) in [6.45, 7) is 6.11. The third kappa shape index (κ3) is 1.87. The number of hydrogen-bond acceptors (Lipinski definition) is 2. The molecule has 1 N–H and O–H groups in total. The third-order valence-corrected chi connectivity index (χ3v) is 3.95. The van der Waals surface area contributed by atoms with Crippen molar-refractivity contribution < 1.29 is 4.74 Å². The molecule has 0 saturated carbocycles. The minimum absolute atomic E-state index is 0.119. The Balaban J connectivity index is 2.43. The van der Waals surface area contributed by atoms with Crippen LogP contribution >= 0.6 is 0 Å². The molecule has 1 aromatic rings. The summed E-state index contributed by atoms with van der Waals surface area (Å²) in [5.74, 6) is 0. The summed E-state index contributed by atoms with van der Waals surface area (Å²) in [5, 5.41) is 3.52. The first-order valence-corrected chi connectivity index (χ1v) is 6.03. The maximum Gasteiger partial charge on any atom is 0.0486 e. The van der Waals surface area contributed by atoms with E-state index in [-0.39, 0.29) is 5.54 Å². The molecule has 1 saturated heterocycles. The summed E-state index contributed by atoms with van der Waals surface area (Å²) < 4.78 is 5.48. The fourth-order valence-corrected chi connectivity index (χ4v) is 2.64. The molecule has 1 aliphatic rings. The van der Waals surface area contributed by atoms with Crippen LogP contribution in [0.15, 0.2) is 18.2 Å². The molecule has 16 heavy (non-hydrogen) atoms. The molecule has 0 unspecified atom stereocenters. The maximum absolute atomic E-state index is 5.48. The molecule has 88 valence electrons. The Morgan fingerprint density at radius 3 is 2.50 bits per heavy atom. The summed E-state index contributed by atoms with van der Waals surface area (Å²) in [6.07, 6.45) is 2.13. The highest BCUT2D eigenvalue weighted by atomic mass is 16.5. The number of hydrogen-bond donors (Lipinski definition) is 1. The van der Waals surface area contributed by atoms with Crippen LogP contribution in [0.2, 0.25) is 0 Å². The number of rotatable bonds is 2. The highest BCUT2D eigenvalue weighted by Crippen LogP contribution is 2.34. The predicted octanol–water partition coefficient (Wildman–Crippen LogP) is 2.53. The zero-order chi connectivity index (χ0) is 11.6. The Labute approximate surface area is 98.0 Å². The van der Waals surface area contributed by atoms with Gasteiger partial charge in [-0.2, -0.15) is 0 Å². The quantitative estimate of drug-likeness (QED) is 0.825. The molecule has 1 aromatic carbocycles. The number of nitrogens with one attached hydrogen (secondary N) is 1. The monoisotopic (exact) mass is 219 g/mol. The van der Waals surface area contributed by atoms with Crippen LogP contribution in [0.3, 0.4) is 0 Å². The fourth-order valence-electron chi connectivity index (χ4n) is 2.64. The first-order valence-electron chi connectivity index (χ1n) is 6.03. The van der Waals surface area contributed by atoms with Crippen molar-refractivity contribution in [3.05, 3.63) is 34.9 Å². The van der Waals surface area contributed by atoms with Crippen molar-refractivity contribution in [2.45, 2.75) is 32.2 Å². The van der Waals surface area contributed by atoms with E-state index in [0.717, 1.165) is 26.1 Å². The summed E-state index contributed by atoms with van der Waals surface area (Å²) in [4.78, 5) is 0. The van der Waals surface area contributed by atoms with Crippen molar-refractivity contribution in [1.29, 1.82) is 0 Å². The standard InChI is InChI=1S/C14H21NO/c1-11-5-4-6-13(12(11)2)14(15-3)7-9-16-10-8-14/h4-6,15H,7-10H2,1-3H3. The van der Waals surface area contributed by atoms with Gasteiger partial charge in [-0.15, -0.1) is 0 Å². The Kier molecular flexibility index (Phi) is 3.31. The number of ether oxygens (including phenoxy) is 1. The van der Waals surface area contributed by atoms with Crippen LogP contribution in [0, 0.1) is 13.8 Å². The topological polar surface area (TPSA) is 21.3 Å². The lowest BCUT2D eigenvalue weighted by Crippen LogP contribution is -2.45. The molecule has 0 amide bonds. The van der Waals surface area contributed by atoms with E-state index >= 15 is 0 Å². The van der Waals surface area contributed by atoms with Gasteiger partial charge >= 0.3 is 0 Å². The van der Waals surface area contributed by atoms with Gasteiger partial charge in [0.05, 0.1) is 0 Å².